The van der Waals surface area contributed by atoms with Crippen molar-refractivity contribution in [2.24, 2.45) is 0 Å². The molecule has 2 rings (SSSR count). The molecule has 1 aromatic heterocycles. The summed E-state index contributed by atoms with van der Waals surface area (Å²) in [4.78, 5) is 4.05. The van der Waals surface area contributed by atoms with Gasteiger partial charge in [-0.1, -0.05) is 45.4 Å². The Balaban J connectivity index is 0.000000509. The monoisotopic (exact) mass is 301 g/mol. The van der Waals surface area contributed by atoms with Gasteiger partial charge in [0.05, 0.1) is 0 Å². The van der Waals surface area contributed by atoms with E-state index in [9.17, 15) is 0 Å². The quantitative estimate of drug-likeness (QED) is 0.608. The van der Waals surface area contributed by atoms with Crippen LogP contribution in [0.4, 0.5) is 0 Å². The van der Waals surface area contributed by atoms with Crippen LogP contribution in [-0.4, -0.2) is 4.98 Å². The molecule has 0 fully saturated rings. The number of pyridine rings is 1. The standard InChI is InChI=1S/C9H5BrClN.2C2H6/c10-9-5-12-4-6-3-7(11)1-2-8(6)9;2*1-2/h1-5H;2*1-2H3. The molecule has 0 saturated carbocycles. The number of nitrogens with zero attached hydrogens (tertiary/aromatic N) is 1. The molecule has 0 atom stereocenters. The average molecular weight is 303 g/mol. The lowest BCUT2D eigenvalue weighted by Crippen LogP contribution is -1.77. The third-order valence-electron chi connectivity index (χ3n) is 1.67. The Morgan fingerprint density at radius 3 is 2.31 bits per heavy atom. The maximum atomic E-state index is 5.83. The molecule has 1 aromatic carbocycles. The SMILES string of the molecule is CC.CC.Clc1ccc2c(Br)cncc2c1. The van der Waals surface area contributed by atoms with Gasteiger partial charge in [-0.15, -0.1) is 0 Å². The highest BCUT2D eigenvalue weighted by Gasteiger charge is 1.97. The molecule has 0 aliphatic rings. The van der Waals surface area contributed by atoms with E-state index in [0.717, 1.165) is 20.3 Å². The second kappa shape index (κ2) is 8.54. The van der Waals surface area contributed by atoms with E-state index in [0.29, 0.717) is 0 Å². The number of fused-ring (bicyclic) bond motifs is 1. The number of halogens is 2. The van der Waals surface area contributed by atoms with Gasteiger partial charge < -0.3 is 0 Å². The molecule has 2 aromatic rings. The van der Waals surface area contributed by atoms with Crippen molar-refractivity contribution in [1.82, 2.24) is 4.98 Å². The molecule has 0 bridgehead atoms. The molecule has 0 aliphatic carbocycles. The zero-order valence-electron chi connectivity index (χ0n) is 10.1. The largest absolute Gasteiger partial charge is 0.263 e. The van der Waals surface area contributed by atoms with Crippen LogP contribution in [0.25, 0.3) is 10.8 Å². The van der Waals surface area contributed by atoms with E-state index in [1.807, 2.05) is 45.9 Å². The summed E-state index contributed by atoms with van der Waals surface area (Å²) in [7, 11) is 0. The third-order valence-corrected chi connectivity index (χ3v) is 2.54. The van der Waals surface area contributed by atoms with Crippen molar-refractivity contribution in [1.29, 1.82) is 0 Å². The van der Waals surface area contributed by atoms with Gasteiger partial charge in [-0.2, -0.15) is 0 Å². The fourth-order valence-corrected chi connectivity index (χ4v) is 1.77. The summed E-state index contributed by atoms with van der Waals surface area (Å²) < 4.78 is 0.997. The smallest absolute Gasteiger partial charge is 0.0437 e. The molecule has 88 valence electrons. The summed E-state index contributed by atoms with van der Waals surface area (Å²) in [6.45, 7) is 8.00. The predicted molar refractivity (Wildman–Crippen MR) is 77.1 cm³/mol. The normalized spacial score (nSPS) is 8.62. The molecule has 0 radical (unpaired) electrons. The Morgan fingerprint density at radius 2 is 1.69 bits per heavy atom. The molecule has 0 N–H and O–H groups in total. The van der Waals surface area contributed by atoms with Gasteiger partial charge in [0.2, 0.25) is 0 Å². The molecule has 0 amide bonds. The van der Waals surface area contributed by atoms with Crippen LogP contribution >= 0.6 is 27.5 Å². The van der Waals surface area contributed by atoms with Gasteiger partial charge in [-0.25, -0.2) is 0 Å². The Hall–Kier alpha value is -0.600. The first-order valence-corrected chi connectivity index (χ1v) is 6.63. The lowest BCUT2D eigenvalue weighted by molar-refractivity contribution is 1.35. The predicted octanol–water partition coefficient (Wildman–Crippen LogP) is 5.70. The highest BCUT2D eigenvalue weighted by Crippen LogP contribution is 2.24. The van der Waals surface area contributed by atoms with Crippen LogP contribution in [0.1, 0.15) is 27.7 Å². The molecule has 1 heterocycles. The topological polar surface area (TPSA) is 12.9 Å². The Bertz CT molecular complexity index is 429. The minimum atomic E-state index is 0.738. The Labute approximate surface area is 111 Å². The zero-order valence-corrected chi connectivity index (χ0v) is 12.4. The highest BCUT2D eigenvalue weighted by atomic mass is 79.9. The van der Waals surface area contributed by atoms with Crippen LogP contribution in [0.2, 0.25) is 5.02 Å². The van der Waals surface area contributed by atoms with Crippen molar-refractivity contribution in [3.63, 3.8) is 0 Å². The molecular weight excluding hydrogens is 286 g/mol. The van der Waals surface area contributed by atoms with Gasteiger partial charge in [0.25, 0.3) is 0 Å². The number of aromatic nitrogens is 1. The first-order chi connectivity index (χ1) is 7.77. The van der Waals surface area contributed by atoms with Crippen molar-refractivity contribution in [3.8, 4) is 0 Å². The van der Waals surface area contributed by atoms with Gasteiger partial charge in [0.1, 0.15) is 0 Å². The van der Waals surface area contributed by atoms with E-state index in [-0.39, 0.29) is 0 Å². The number of hydrogen-bond acceptors (Lipinski definition) is 1. The zero-order chi connectivity index (χ0) is 12.6. The Kier molecular flexibility index (Phi) is 8.22. The van der Waals surface area contributed by atoms with Crippen molar-refractivity contribution in [2.45, 2.75) is 27.7 Å². The van der Waals surface area contributed by atoms with Crippen LogP contribution in [0.5, 0.6) is 0 Å². The van der Waals surface area contributed by atoms with Crippen molar-refractivity contribution >= 4 is 38.3 Å². The molecule has 0 spiro atoms. The average Bonchev–Trinajstić information content (AvgIpc) is 2.34. The minimum absolute atomic E-state index is 0.738. The minimum Gasteiger partial charge on any atom is -0.263 e. The molecular formula is C13H17BrClN. The summed E-state index contributed by atoms with van der Waals surface area (Å²) in [5, 5.41) is 2.92. The summed E-state index contributed by atoms with van der Waals surface area (Å²) in [6.07, 6.45) is 3.57. The summed E-state index contributed by atoms with van der Waals surface area (Å²) in [6, 6.07) is 5.74. The first kappa shape index (κ1) is 15.4. The van der Waals surface area contributed by atoms with E-state index < -0.39 is 0 Å². The molecule has 3 heteroatoms. The maximum Gasteiger partial charge on any atom is 0.0437 e. The lowest BCUT2D eigenvalue weighted by Gasteiger charge is -1.98. The van der Waals surface area contributed by atoms with Crippen LogP contribution < -0.4 is 0 Å². The fraction of sp³-hybridized carbons (Fsp3) is 0.308. The van der Waals surface area contributed by atoms with Crippen LogP contribution in [0.3, 0.4) is 0 Å². The second-order valence-electron chi connectivity index (χ2n) is 2.49. The van der Waals surface area contributed by atoms with Gasteiger partial charge in [0, 0.05) is 27.3 Å². The van der Waals surface area contributed by atoms with E-state index in [1.165, 1.54) is 0 Å². The Morgan fingerprint density at radius 1 is 1.06 bits per heavy atom. The molecule has 0 aliphatic heterocycles. The summed E-state index contributed by atoms with van der Waals surface area (Å²) in [5.41, 5.74) is 0. The number of rotatable bonds is 0. The van der Waals surface area contributed by atoms with E-state index in [1.54, 1.807) is 12.4 Å². The van der Waals surface area contributed by atoms with Gasteiger partial charge in [-0.3, -0.25) is 4.98 Å². The van der Waals surface area contributed by atoms with Gasteiger partial charge in [0.15, 0.2) is 0 Å². The van der Waals surface area contributed by atoms with Crippen LogP contribution in [0.15, 0.2) is 35.1 Å². The van der Waals surface area contributed by atoms with E-state index >= 15 is 0 Å². The van der Waals surface area contributed by atoms with Crippen molar-refractivity contribution in [2.75, 3.05) is 0 Å². The first-order valence-electron chi connectivity index (χ1n) is 5.46. The number of benzene rings is 1. The lowest BCUT2D eigenvalue weighted by atomic mass is 10.2. The molecule has 1 nitrogen and oxygen atoms in total. The summed E-state index contributed by atoms with van der Waals surface area (Å²) >= 11 is 9.24. The summed E-state index contributed by atoms with van der Waals surface area (Å²) in [5.74, 6) is 0. The molecule has 16 heavy (non-hydrogen) atoms. The second-order valence-corrected chi connectivity index (χ2v) is 3.78. The van der Waals surface area contributed by atoms with Crippen LogP contribution in [-0.2, 0) is 0 Å². The van der Waals surface area contributed by atoms with Gasteiger partial charge >= 0.3 is 0 Å². The highest BCUT2D eigenvalue weighted by molar-refractivity contribution is 9.10. The third kappa shape index (κ3) is 4.11. The van der Waals surface area contributed by atoms with Crippen LogP contribution in [0, 0.1) is 0 Å². The van der Waals surface area contributed by atoms with E-state index in [2.05, 4.69) is 20.9 Å². The van der Waals surface area contributed by atoms with Crippen molar-refractivity contribution < 1.29 is 0 Å². The molecule has 0 unspecified atom stereocenters. The molecule has 0 saturated heterocycles. The van der Waals surface area contributed by atoms with Crippen molar-refractivity contribution in [3.05, 3.63) is 40.1 Å². The van der Waals surface area contributed by atoms with E-state index in [4.69, 9.17) is 11.6 Å². The fourth-order valence-electron chi connectivity index (χ4n) is 1.11. The van der Waals surface area contributed by atoms with Gasteiger partial charge in [-0.05, 0) is 33.4 Å². The number of hydrogen-bond donors (Lipinski definition) is 0. The maximum absolute atomic E-state index is 5.83.